The van der Waals surface area contributed by atoms with E-state index < -0.39 is 0 Å². The van der Waals surface area contributed by atoms with E-state index in [0.29, 0.717) is 5.56 Å². The first kappa shape index (κ1) is 15.0. The monoisotopic (exact) mass is 284 g/mol. The van der Waals surface area contributed by atoms with E-state index in [1.54, 1.807) is 19.1 Å². The summed E-state index contributed by atoms with van der Waals surface area (Å²) < 4.78 is 0. The highest BCUT2D eigenvalue weighted by Gasteiger charge is 2.14. The highest BCUT2D eigenvalue weighted by Crippen LogP contribution is 2.25. The van der Waals surface area contributed by atoms with E-state index in [1.807, 2.05) is 25.1 Å². The second-order valence-corrected chi connectivity index (χ2v) is 5.22. The lowest BCUT2D eigenvalue weighted by atomic mass is 10.0. The lowest BCUT2D eigenvalue weighted by molar-refractivity contribution is -0.385. The van der Waals surface area contributed by atoms with E-state index in [2.05, 4.69) is 24.4 Å². The molecule has 0 saturated heterocycles. The molecular weight excluding hydrogens is 264 g/mol. The van der Waals surface area contributed by atoms with Crippen LogP contribution in [0.1, 0.15) is 36.6 Å². The molecule has 4 heteroatoms. The molecule has 1 atom stereocenters. The van der Waals surface area contributed by atoms with Gasteiger partial charge in [0.2, 0.25) is 0 Å². The molecule has 2 aromatic carbocycles. The molecule has 0 saturated carbocycles. The third-order valence-corrected chi connectivity index (χ3v) is 3.68. The van der Waals surface area contributed by atoms with Crippen LogP contribution in [0.5, 0.6) is 0 Å². The molecule has 0 heterocycles. The number of nitrogens with one attached hydrogen (secondary N) is 1. The van der Waals surface area contributed by atoms with Crippen LogP contribution in [0.15, 0.2) is 42.5 Å². The summed E-state index contributed by atoms with van der Waals surface area (Å²) in [5.41, 5.74) is 4.07. The van der Waals surface area contributed by atoms with Crippen LogP contribution in [0.3, 0.4) is 0 Å². The molecule has 2 aromatic rings. The number of nitro groups is 1. The van der Waals surface area contributed by atoms with Crippen LogP contribution in [0.4, 0.5) is 11.4 Å². The van der Waals surface area contributed by atoms with Crippen molar-refractivity contribution in [1.29, 1.82) is 0 Å². The van der Waals surface area contributed by atoms with Gasteiger partial charge in [-0.3, -0.25) is 10.1 Å². The Balaban J connectivity index is 2.17. The Bertz CT molecular complexity index is 636. The summed E-state index contributed by atoms with van der Waals surface area (Å²) in [4.78, 5) is 10.7. The van der Waals surface area contributed by atoms with Gasteiger partial charge in [-0.2, -0.15) is 0 Å². The zero-order chi connectivity index (χ0) is 15.4. The van der Waals surface area contributed by atoms with Crippen molar-refractivity contribution >= 4 is 11.4 Å². The predicted octanol–water partition coefficient (Wildman–Crippen LogP) is 4.64. The van der Waals surface area contributed by atoms with Crippen molar-refractivity contribution in [2.45, 2.75) is 33.2 Å². The molecule has 110 valence electrons. The molecule has 2 rings (SSSR count). The van der Waals surface area contributed by atoms with Crippen LogP contribution in [0.2, 0.25) is 0 Å². The molecule has 0 radical (unpaired) electrons. The number of nitro benzene ring substituents is 1. The van der Waals surface area contributed by atoms with E-state index in [1.165, 1.54) is 5.56 Å². The topological polar surface area (TPSA) is 55.2 Å². The van der Waals surface area contributed by atoms with Crippen molar-refractivity contribution in [3.05, 3.63) is 69.3 Å². The Morgan fingerprint density at radius 1 is 1.19 bits per heavy atom. The number of hydrogen-bond acceptors (Lipinski definition) is 3. The molecule has 0 aliphatic heterocycles. The van der Waals surface area contributed by atoms with Crippen molar-refractivity contribution in [2.75, 3.05) is 5.32 Å². The minimum Gasteiger partial charge on any atom is -0.379 e. The first-order chi connectivity index (χ1) is 10.0. The molecule has 0 amide bonds. The van der Waals surface area contributed by atoms with Crippen molar-refractivity contribution in [3.8, 4) is 0 Å². The number of hydrogen-bond donors (Lipinski definition) is 1. The van der Waals surface area contributed by atoms with Gasteiger partial charge in [0.05, 0.1) is 4.92 Å². The Labute approximate surface area is 125 Å². The smallest absolute Gasteiger partial charge is 0.272 e. The van der Waals surface area contributed by atoms with Crippen LogP contribution < -0.4 is 5.32 Å². The van der Waals surface area contributed by atoms with E-state index in [4.69, 9.17) is 0 Å². The Hall–Kier alpha value is -2.36. The molecule has 0 aliphatic rings. The van der Waals surface area contributed by atoms with Gasteiger partial charge in [-0.25, -0.2) is 0 Å². The fraction of sp³-hybridized carbons (Fsp3) is 0.294. The van der Waals surface area contributed by atoms with E-state index in [9.17, 15) is 10.1 Å². The maximum Gasteiger partial charge on any atom is 0.272 e. The van der Waals surface area contributed by atoms with Crippen LogP contribution in [0.25, 0.3) is 0 Å². The molecule has 1 N–H and O–H groups in total. The third-order valence-electron chi connectivity index (χ3n) is 3.68. The number of anilines is 1. The van der Waals surface area contributed by atoms with Gasteiger partial charge in [0.25, 0.3) is 5.69 Å². The van der Waals surface area contributed by atoms with Gasteiger partial charge in [0.1, 0.15) is 0 Å². The first-order valence-corrected chi connectivity index (χ1v) is 7.11. The minimum absolute atomic E-state index is 0.0109. The maximum atomic E-state index is 11.0. The molecule has 0 aliphatic carbocycles. The summed E-state index contributed by atoms with van der Waals surface area (Å²) in [7, 11) is 0. The summed E-state index contributed by atoms with van der Waals surface area (Å²) in [6.45, 7) is 5.88. The van der Waals surface area contributed by atoms with Crippen molar-refractivity contribution in [3.63, 3.8) is 0 Å². The average Bonchev–Trinajstić information content (AvgIpc) is 2.48. The fourth-order valence-corrected chi connectivity index (χ4v) is 2.26. The highest BCUT2D eigenvalue weighted by molar-refractivity contribution is 5.49. The van der Waals surface area contributed by atoms with Crippen molar-refractivity contribution < 1.29 is 4.92 Å². The summed E-state index contributed by atoms with van der Waals surface area (Å²) in [5, 5.41) is 14.4. The number of benzene rings is 2. The first-order valence-electron chi connectivity index (χ1n) is 7.11. The average molecular weight is 284 g/mol. The second-order valence-electron chi connectivity index (χ2n) is 5.22. The zero-order valence-electron chi connectivity index (χ0n) is 12.6. The van der Waals surface area contributed by atoms with Gasteiger partial charge in [-0.05, 0) is 43.5 Å². The van der Waals surface area contributed by atoms with Gasteiger partial charge >= 0.3 is 0 Å². The summed E-state index contributed by atoms with van der Waals surface area (Å²) >= 11 is 0. The Morgan fingerprint density at radius 3 is 2.43 bits per heavy atom. The quantitative estimate of drug-likeness (QED) is 0.643. The molecule has 1 unspecified atom stereocenters. The van der Waals surface area contributed by atoms with E-state index in [0.717, 1.165) is 17.7 Å². The maximum absolute atomic E-state index is 11.0. The van der Waals surface area contributed by atoms with Gasteiger partial charge in [-0.15, -0.1) is 0 Å². The number of aryl methyl sites for hydroxylation is 2. The van der Waals surface area contributed by atoms with Gasteiger partial charge < -0.3 is 5.32 Å². The lowest BCUT2D eigenvalue weighted by Crippen LogP contribution is -2.07. The molecular formula is C17H20N2O2. The number of rotatable bonds is 5. The van der Waals surface area contributed by atoms with Crippen LogP contribution in [-0.2, 0) is 6.42 Å². The zero-order valence-corrected chi connectivity index (χ0v) is 12.6. The fourth-order valence-electron chi connectivity index (χ4n) is 2.26. The molecule has 0 spiro atoms. The number of nitrogens with zero attached hydrogens (tertiary/aromatic N) is 1. The Kier molecular flexibility index (Phi) is 4.58. The van der Waals surface area contributed by atoms with Crippen LogP contribution in [-0.4, -0.2) is 4.92 Å². The van der Waals surface area contributed by atoms with Gasteiger partial charge in [0.15, 0.2) is 0 Å². The largest absolute Gasteiger partial charge is 0.379 e. The van der Waals surface area contributed by atoms with Crippen molar-refractivity contribution in [2.24, 2.45) is 0 Å². The standard InChI is InChI=1S/C17H20N2O2/c1-4-14-6-9-16(10-7-14)18-13(3)15-8-5-12(2)17(11-15)19(20)21/h5-11,13,18H,4H2,1-3H3. The van der Waals surface area contributed by atoms with Gasteiger partial charge in [-0.1, -0.05) is 31.2 Å². The molecule has 0 fully saturated rings. The van der Waals surface area contributed by atoms with Crippen LogP contribution in [0, 0.1) is 17.0 Å². The summed E-state index contributed by atoms with van der Waals surface area (Å²) in [6.07, 6.45) is 1.01. The van der Waals surface area contributed by atoms with E-state index >= 15 is 0 Å². The highest BCUT2D eigenvalue weighted by atomic mass is 16.6. The SMILES string of the molecule is CCc1ccc(NC(C)c2ccc(C)c([N+](=O)[O-])c2)cc1. The third kappa shape index (κ3) is 3.60. The normalized spacial score (nSPS) is 12.0. The molecule has 4 nitrogen and oxygen atoms in total. The summed E-state index contributed by atoms with van der Waals surface area (Å²) in [5.74, 6) is 0. The van der Waals surface area contributed by atoms with Crippen LogP contribution >= 0.6 is 0 Å². The molecule has 21 heavy (non-hydrogen) atoms. The predicted molar refractivity (Wildman–Crippen MR) is 85.7 cm³/mol. The molecule has 0 bridgehead atoms. The van der Waals surface area contributed by atoms with Crippen molar-refractivity contribution in [1.82, 2.24) is 0 Å². The lowest BCUT2D eigenvalue weighted by Gasteiger charge is -2.16. The minimum atomic E-state index is -0.332. The molecule has 0 aromatic heterocycles. The van der Waals surface area contributed by atoms with E-state index in [-0.39, 0.29) is 16.7 Å². The summed E-state index contributed by atoms with van der Waals surface area (Å²) in [6, 6.07) is 13.6. The Morgan fingerprint density at radius 2 is 1.86 bits per heavy atom. The van der Waals surface area contributed by atoms with Gasteiger partial charge in [0, 0.05) is 23.4 Å². The second kappa shape index (κ2) is 6.39.